The maximum Gasteiger partial charge on any atom is 0.343 e. The standard InChI is InChI=1S/C54H65N3O4/c1-4-6-8-10-12-13-14-15-17-19-21-44-25-32-48(33-26-44)56-57-49-34-38-51(39-35-49)61-54(59)47-29-22-42(3)52(40-47)55-41-45-27-36-50(37-28-45)60-53(58)46-30-23-43(24-31-46)20-18-16-11-9-7-5-2/h22-41H,4-21H2,1-3H3. The average molecular weight is 820 g/mol. The highest BCUT2D eigenvalue weighted by Gasteiger charge is 2.12. The summed E-state index contributed by atoms with van der Waals surface area (Å²) in [6.07, 6.45) is 24.8. The number of aliphatic imine (C=N–C) groups is 1. The quantitative estimate of drug-likeness (QED) is 0.0183. The summed E-state index contributed by atoms with van der Waals surface area (Å²) in [6, 6.07) is 35.5. The van der Waals surface area contributed by atoms with Crippen LogP contribution < -0.4 is 9.47 Å². The highest BCUT2D eigenvalue weighted by Crippen LogP contribution is 2.25. The molecule has 0 saturated carbocycles. The van der Waals surface area contributed by atoms with Crippen molar-refractivity contribution >= 4 is 35.2 Å². The lowest BCUT2D eigenvalue weighted by molar-refractivity contribution is 0.0725. The molecule has 7 nitrogen and oxygen atoms in total. The fraction of sp³-hybridized carbons (Fsp3) is 0.389. The first-order valence-electron chi connectivity index (χ1n) is 22.8. The lowest BCUT2D eigenvalue weighted by atomic mass is 10.0. The van der Waals surface area contributed by atoms with E-state index in [0.29, 0.717) is 34.0 Å². The number of esters is 2. The number of aryl methyl sites for hydroxylation is 3. The van der Waals surface area contributed by atoms with Crippen LogP contribution in [0.3, 0.4) is 0 Å². The van der Waals surface area contributed by atoms with Gasteiger partial charge in [0.2, 0.25) is 0 Å². The molecule has 0 fully saturated rings. The summed E-state index contributed by atoms with van der Waals surface area (Å²) < 4.78 is 11.3. The number of unbranched alkanes of at least 4 members (excludes halogenated alkanes) is 14. The van der Waals surface area contributed by atoms with Gasteiger partial charge in [-0.15, -0.1) is 0 Å². The Morgan fingerprint density at radius 3 is 1.39 bits per heavy atom. The SMILES string of the molecule is CCCCCCCCCCCCc1ccc(N=Nc2ccc(OC(=O)c3ccc(C)c(N=Cc4ccc(OC(=O)c5ccc(CCCCCCCC)cc5)cc4)c3)cc2)cc1. The Bertz CT molecular complexity index is 2100. The van der Waals surface area contributed by atoms with Gasteiger partial charge >= 0.3 is 11.9 Å². The van der Waals surface area contributed by atoms with E-state index in [1.165, 1.54) is 114 Å². The number of carbonyl (C=O) groups is 2. The molecule has 0 N–H and O–H groups in total. The zero-order chi connectivity index (χ0) is 42.9. The fourth-order valence-corrected chi connectivity index (χ4v) is 7.13. The minimum atomic E-state index is -0.484. The topological polar surface area (TPSA) is 89.7 Å². The summed E-state index contributed by atoms with van der Waals surface area (Å²) in [5.74, 6) is -0.0106. The van der Waals surface area contributed by atoms with E-state index in [4.69, 9.17) is 9.47 Å². The summed E-state index contributed by atoms with van der Waals surface area (Å²) in [5, 5.41) is 8.77. The molecule has 0 aromatic heterocycles. The van der Waals surface area contributed by atoms with Crippen LogP contribution in [0.1, 0.15) is 160 Å². The van der Waals surface area contributed by atoms with E-state index in [2.05, 4.69) is 41.2 Å². The van der Waals surface area contributed by atoms with Crippen molar-refractivity contribution < 1.29 is 19.1 Å². The molecule has 0 unspecified atom stereocenters. The van der Waals surface area contributed by atoms with Crippen LogP contribution in [-0.2, 0) is 12.8 Å². The zero-order valence-corrected chi connectivity index (χ0v) is 36.7. The predicted octanol–water partition coefficient (Wildman–Crippen LogP) is 16.0. The molecule has 0 bridgehead atoms. The number of benzene rings is 5. The molecule has 5 aromatic carbocycles. The van der Waals surface area contributed by atoms with Crippen molar-refractivity contribution in [3.63, 3.8) is 0 Å². The van der Waals surface area contributed by atoms with Crippen LogP contribution in [-0.4, -0.2) is 18.2 Å². The summed E-state index contributed by atoms with van der Waals surface area (Å²) in [5.41, 5.74) is 7.32. The Labute approximate surface area is 364 Å². The third kappa shape index (κ3) is 17.1. The number of hydrogen-bond donors (Lipinski definition) is 0. The molecule has 0 amide bonds. The normalized spacial score (nSPS) is 11.4. The van der Waals surface area contributed by atoms with Crippen molar-refractivity contribution in [3.05, 3.63) is 149 Å². The van der Waals surface area contributed by atoms with E-state index in [1.807, 2.05) is 61.5 Å². The first-order valence-corrected chi connectivity index (χ1v) is 22.8. The van der Waals surface area contributed by atoms with Gasteiger partial charge in [0, 0.05) is 6.21 Å². The van der Waals surface area contributed by atoms with Crippen molar-refractivity contribution in [3.8, 4) is 11.5 Å². The van der Waals surface area contributed by atoms with Gasteiger partial charge in [-0.1, -0.05) is 134 Å². The number of azo groups is 1. The largest absolute Gasteiger partial charge is 0.423 e. The van der Waals surface area contributed by atoms with Crippen molar-refractivity contribution in [1.82, 2.24) is 0 Å². The van der Waals surface area contributed by atoms with E-state index in [0.717, 1.165) is 29.7 Å². The molecule has 5 rings (SSSR count). The van der Waals surface area contributed by atoms with Gasteiger partial charge in [0.1, 0.15) is 11.5 Å². The predicted molar refractivity (Wildman–Crippen MR) is 251 cm³/mol. The van der Waals surface area contributed by atoms with E-state index >= 15 is 0 Å². The van der Waals surface area contributed by atoms with Gasteiger partial charge in [-0.3, -0.25) is 4.99 Å². The Balaban J connectivity index is 1.03. The van der Waals surface area contributed by atoms with Gasteiger partial charge in [-0.25, -0.2) is 9.59 Å². The number of rotatable bonds is 26. The van der Waals surface area contributed by atoms with Crippen LogP contribution in [0.25, 0.3) is 0 Å². The molecule has 0 heterocycles. The highest BCUT2D eigenvalue weighted by molar-refractivity contribution is 5.93. The minimum Gasteiger partial charge on any atom is -0.423 e. The Hall–Kier alpha value is -5.69. The molecule has 320 valence electrons. The van der Waals surface area contributed by atoms with Crippen LogP contribution >= 0.6 is 0 Å². The zero-order valence-electron chi connectivity index (χ0n) is 36.7. The Morgan fingerprint density at radius 2 is 0.885 bits per heavy atom. The monoisotopic (exact) mass is 819 g/mol. The van der Waals surface area contributed by atoms with Crippen LogP contribution in [0.15, 0.2) is 130 Å². The van der Waals surface area contributed by atoms with Crippen LogP contribution in [0, 0.1) is 6.92 Å². The first-order chi connectivity index (χ1) is 29.9. The summed E-state index contributed by atoms with van der Waals surface area (Å²) in [7, 11) is 0. The molecule has 0 radical (unpaired) electrons. The Morgan fingerprint density at radius 1 is 0.475 bits per heavy atom. The molecule has 7 heteroatoms. The fourth-order valence-electron chi connectivity index (χ4n) is 7.13. The van der Waals surface area contributed by atoms with Crippen LogP contribution in [0.2, 0.25) is 0 Å². The second-order valence-corrected chi connectivity index (χ2v) is 16.1. The van der Waals surface area contributed by atoms with Gasteiger partial charge in [-0.05, 0) is 140 Å². The minimum absolute atomic E-state index is 0.385. The third-order valence-electron chi connectivity index (χ3n) is 11.0. The molecule has 61 heavy (non-hydrogen) atoms. The van der Waals surface area contributed by atoms with Crippen molar-refractivity contribution in [2.24, 2.45) is 15.2 Å². The van der Waals surface area contributed by atoms with Gasteiger partial charge < -0.3 is 9.47 Å². The van der Waals surface area contributed by atoms with Crippen LogP contribution in [0.5, 0.6) is 11.5 Å². The molecule has 0 aliphatic heterocycles. The number of carbonyl (C=O) groups excluding carboxylic acids is 2. The van der Waals surface area contributed by atoms with Gasteiger partial charge in [-0.2, -0.15) is 10.2 Å². The number of ether oxygens (including phenoxy) is 2. The van der Waals surface area contributed by atoms with Gasteiger partial charge in [0.05, 0.1) is 28.2 Å². The molecular weight excluding hydrogens is 755 g/mol. The van der Waals surface area contributed by atoms with E-state index in [-0.39, 0.29) is 5.97 Å². The molecule has 0 saturated heterocycles. The van der Waals surface area contributed by atoms with E-state index < -0.39 is 5.97 Å². The summed E-state index contributed by atoms with van der Waals surface area (Å²) in [6.45, 7) is 6.44. The number of nitrogens with zero attached hydrogens (tertiary/aromatic N) is 3. The second kappa shape index (κ2) is 26.5. The Kier molecular flexibility index (Phi) is 20.2. The van der Waals surface area contributed by atoms with Crippen molar-refractivity contribution in [2.75, 3.05) is 0 Å². The molecule has 0 aliphatic rings. The maximum atomic E-state index is 13.1. The van der Waals surface area contributed by atoms with Gasteiger partial charge in [0.25, 0.3) is 0 Å². The molecular formula is C54H65N3O4. The molecule has 5 aromatic rings. The average Bonchev–Trinajstić information content (AvgIpc) is 3.28. The molecule has 0 aliphatic carbocycles. The number of hydrogen-bond acceptors (Lipinski definition) is 7. The lowest BCUT2D eigenvalue weighted by Gasteiger charge is -2.07. The maximum absolute atomic E-state index is 13.1. The van der Waals surface area contributed by atoms with Gasteiger partial charge in [0.15, 0.2) is 0 Å². The van der Waals surface area contributed by atoms with E-state index in [9.17, 15) is 9.59 Å². The van der Waals surface area contributed by atoms with Crippen molar-refractivity contribution in [2.45, 2.75) is 136 Å². The summed E-state index contributed by atoms with van der Waals surface area (Å²) in [4.78, 5) is 30.5. The van der Waals surface area contributed by atoms with Crippen LogP contribution in [0.4, 0.5) is 17.1 Å². The second-order valence-electron chi connectivity index (χ2n) is 16.1. The third-order valence-corrected chi connectivity index (χ3v) is 11.0. The lowest BCUT2D eigenvalue weighted by Crippen LogP contribution is -2.08. The van der Waals surface area contributed by atoms with Crippen molar-refractivity contribution in [1.29, 1.82) is 0 Å². The summed E-state index contributed by atoms with van der Waals surface area (Å²) >= 11 is 0. The molecule has 0 spiro atoms. The van der Waals surface area contributed by atoms with E-state index in [1.54, 1.807) is 54.7 Å². The highest BCUT2D eigenvalue weighted by atomic mass is 16.5. The molecule has 0 atom stereocenters. The smallest absolute Gasteiger partial charge is 0.343 e. The first kappa shape index (κ1) is 46.4.